The zero-order valence-electron chi connectivity index (χ0n) is 6.20. The molecule has 0 amide bonds. The van der Waals surface area contributed by atoms with E-state index in [1.807, 2.05) is 0 Å². The Morgan fingerprint density at radius 1 is 1.80 bits per heavy atom. The van der Waals surface area contributed by atoms with E-state index in [9.17, 15) is 4.79 Å². The van der Waals surface area contributed by atoms with E-state index < -0.39 is 18.1 Å². The molecule has 0 saturated carbocycles. The van der Waals surface area contributed by atoms with Gasteiger partial charge in [-0.3, -0.25) is 0 Å². The standard InChI is InChI=1S/C6H13NO3/c1-3-4(7)5(8)6(9)10-2/h4-5,8H,3,7H2,1-2H3/t4-,5-/m0/s1. The van der Waals surface area contributed by atoms with Crippen molar-refractivity contribution in [2.75, 3.05) is 7.11 Å². The Kier molecular flexibility index (Phi) is 3.99. The van der Waals surface area contributed by atoms with Gasteiger partial charge >= 0.3 is 5.97 Å². The molecule has 0 spiro atoms. The van der Waals surface area contributed by atoms with E-state index in [2.05, 4.69) is 4.74 Å². The fourth-order valence-electron chi connectivity index (χ4n) is 0.519. The van der Waals surface area contributed by atoms with E-state index >= 15 is 0 Å². The second-order valence-corrected chi connectivity index (χ2v) is 2.04. The van der Waals surface area contributed by atoms with Crippen LogP contribution in [0.1, 0.15) is 13.3 Å². The Morgan fingerprint density at radius 2 is 2.30 bits per heavy atom. The number of hydrogen-bond donors (Lipinski definition) is 2. The van der Waals surface area contributed by atoms with Gasteiger partial charge in [0.1, 0.15) is 0 Å². The van der Waals surface area contributed by atoms with Gasteiger partial charge in [0.15, 0.2) is 6.10 Å². The molecule has 0 aromatic rings. The highest BCUT2D eigenvalue weighted by atomic mass is 16.5. The monoisotopic (exact) mass is 147 g/mol. The molecule has 0 aliphatic heterocycles. The van der Waals surface area contributed by atoms with Crippen molar-refractivity contribution in [3.05, 3.63) is 0 Å². The molecule has 4 nitrogen and oxygen atoms in total. The summed E-state index contributed by atoms with van der Waals surface area (Å²) in [4.78, 5) is 10.6. The van der Waals surface area contributed by atoms with Crippen LogP contribution in [0, 0.1) is 0 Å². The average molecular weight is 147 g/mol. The number of hydrogen-bond acceptors (Lipinski definition) is 4. The van der Waals surface area contributed by atoms with E-state index in [4.69, 9.17) is 10.8 Å². The summed E-state index contributed by atoms with van der Waals surface area (Å²) in [6.45, 7) is 1.79. The largest absolute Gasteiger partial charge is 0.467 e. The summed E-state index contributed by atoms with van der Waals surface area (Å²) in [5.41, 5.74) is 5.34. The van der Waals surface area contributed by atoms with Crippen LogP contribution in [0.5, 0.6) is 0 Å². The lowest BCUT2D eigenvalue weighted by Gasteiger charge is -2.13. The van der Waals surface area contributed by atoms with E-state index in [1.54, 1.807) is 6.92 Å². The number of aliphatic hydroxyl groups is 1. The molecule has 0 bridgehead atoms. The molecule has 3 N–H and O–H groups in total. The van der Waals surface area contributed by atoms with Gasteiger partial charge in [-0.2, -0.15) is 0 Å². The van der Waals surface area contributed by atoms with Crippen LogP contribution in [-0.4, -0.2) is 30.3 Å². The lowest BCUT2D eigenvalue weighted by atomic mass is 10.1. The third-order valence-corrected chi connectivity index (χ3v) is 1.32. The summed E-state index contributed by atoms with van der Waals surface area (Å²) >= 11 is 0. The molecule has 0 aliphatic rings. The van der Waals surface area contributed by atoms with Gasteiger partial charge in [0, 0.05) is 6.04 Å². The topological polar surface area (TPSA) is 72.5 Å². The Morgan fingerprint density at radius 3 is 2.60 bits per heavy atom. The molecule has 0 heterocycles. The first-order valence-electron chi connectivity index (χ1n) is 3.15. The lowest BCUT2D eigenvalue weighted by Crippen LogP contribution is -2.40. The van der Waals surface area contributed by atoms with Crippen LogP contribution in [0.25, 0.3) is 0 Å². The van der Waals surface area contributed by atoms with Crippen molar-refractivity contribution < 1.29 is 14.6 Å². The molecular weight excluding hydrogens is 134 g/mol. The first-order valence-corrected chi connectivity index (χ1v) is 3.15. The zero-order valence-corrected chi connectivity index (χ0v) is 6.20. The predicted molar refractivity (Wildman–Crippen MR) is 36.3 cm³/mol. The molecule has 0 aromatic carbocycles. The van der Waals surface area contributed by atoms with Crippen molar-refractivity contribution in [3.8, 4) is 0 Å². The number of nitrogens with two attached hydrogens (primary N) is 1. The van der Waals surface area contributed by atoms with E-state index in [0.29, 0.717) is 6.42 Å². The van der Waals surface area contributed by atoms with Crippen molar-refractivity contribution in [1.29, 1.82) is 0 Å². The van der Waals surface area contributed by atoms with Gasteiger partial charge in [-0.25, -0.2) is 4.79 Å². The quantitative estimate of drug-likeness (QED) is 0.515. The van der Waals surface area contributed by atoms with Crippen LogP contribution in [0.15, 0.2) is 0 Å². The van der Waals surface area contributed by atoms with Gasteiger partial charge in [-0.1, -0.05) is 6.92 Å². The molecule has 0 unspecified atom stereocenters. The van der Waals surface area contributed by atoms with Crippen LogP contribution in [0.3, 0.4) is 0 Å². The van der Waals surface area contributed by atoms with Crippen molar-refractivity contribution in [1.82, 2.24) is 0 Å². The molecule has 0 aliphatic carbocycles. The Bertz CT molecular complexity index is 116. The minimum Gasteiger partial charge on any atom is -0.467 e. The molecule has 0 radical (unpaired) electrons. The maximum Gasteiger partial charge on any atom is 0.336 e. The molecule has 2 atom stereocenters. The van der Waals surface area contributed by atoms with Crippen LogP contribution >= 0.6 is 0 Å². The number of ether oxygens (including phenoxy) is 1. The number of esters is 1. The minimum absolute atomic E-state index is 0.521. The van der Waals surface area contributed by atoms with Crippen molar-refractivity contribution in [2.24, 2.45) is 5.73 Å². The third-order valence-electron chi connectivity index (χ3n) is 1.32. The molecule has 60 valence electrons. The van der Waals surface area contributed by atoms with E-state index in [0.717, 1.165) is 0 Å². The summed E-state index contributed by atoms with van der Waals surface area (Å²) in [5.74, 6) is -0.672. The number of carbonyl (C=O) groups excluding carboxylic acids is 1. The number of methoxy groups -OCH3 is 1. The number of aliphatic hydroxyl groups excluding tert-OH is 1. The third kappa shape index (κ3) is 2.33. The number of rotatable bonds is 3. The zero-order chi connectivity index (χ0) is 8.15. The Hall–Kier alpha value is -0.610. The van der Waals surface area contributed by atoms with Gasteiger partial charge in [-0.05, 0) is 6.42 Å². The molecular formula is C6H13NO3. The molecule has 4 heteroatoms. The van der Waals surface area contributed by atoms with Gasteiger partial charge in [0.2, 0.25) is 0 Å². The Labute approximate surface area is 60.0 Å². The first kappa shape index (κ1) is 9.39. The summed E-state index contributed by atoms with van der Waals surface area (Å²) in [6, 6.07) is -0.521. The van der Waals surface area contributed by atoms with Gasteiger partial charge in [-0.15, -0.1) is 0 Å². The number of carbonyl (C=O) groups is 1. The van der Waals surface area contributed by atoms with Gasteiger partial charge in [0.05, 0.1) is 7.11 Å². The first-order chi connectivity index (χ1) is 4.63. The fourth-order valence-corrected chi connectivity index (χ4v) is 0.519. The predicted octanol–water partition coefficient (Wildman–Crippen LogP) is -0.742. The average Bonchev–Trinajstić information content (AvgIpc) is 2.00. The second kappa shape index (κ2) is 4.24. The Balaban J connectivity index is 3.81. The highest BCUT2D eigenvalue weighted by molar-refractivity contribution is 5.75. The summed E-state index contributed by atoms with van der Waals surface area (Å²) < 4.78 is 4.27. The highest BCUT2D eigenvalue weighted by Gasteiger charge is 2.21. The van der Waals surface area contributed by atoms with Crippen molar-refractivity contribution in [2.45, 2.75) is 25.5 Å². The maximum absolute atomic E-state index is 10.6. The SMILES string of the molecule is CC[C@H](N)[C@H](O)C(=O)OC. The second-order valence-electron chi connectivity index (χ2n) is 2.04. The van der Waals surface area contributed by atoms with Gasteiger partial charge < -0.3 is 15.6 Å². The summed E-state index contributed by atoms with van der Waals surface area (Å²) in [5, 5.41) is 8.99. The van der Waals surface area contributed by atoms with Crippen LogP contribution < -0.4 is 5.73 Å². The van der Waals surface area contributed by atoms with Crippen LogP contribution in [-0.2, 0) is 9.53 Å². The normalized spacial score (nSPS) is 16.0. The van der Waals surface area contributed by atoms with Crippen LogP contribution in [0.4, 0.5) is 0 Å². The smallest absolute Gasteiger partial charge is 0.336 e. The highest BCUT2D eigenvalue weighted by Crippen LogP contribution is 1.96. The minimum atomic E-state index is -1.19. The van der Waals surface area contributed by atoms with Crippen molar-refractivity contribution in [3.63, 3.8) is 0 Å². The van der Waals surface area contributed by atoms with Crippen LogP contribution in [0.2, 0.25) is 0 Å². The molecule has 0 rings (SSSR count). The summed E-state index contributed by atoms with van der Waals surface area (Å²) in [6.07, 6.45) is -0.633. The molecule has 0 saturated heterocycles. The van der Waals surface area contributed by atoms with E-state index in [1.165, 1.54) is 7.11 Å². The molecule has 10 heavy (non-hydrogen) atoms. The maximum atomic E-state index is 10.6. The fraction of sp³-hybridized carbons (Fsp3) is 0.833. The lowest BCUT2D eigenvalue weighted by molar-refractivity contribution is -0.151. The van der Waals surface area contributed by atoms with E-state index in [-0.39, 0.29) is 0 Å². The van der Waals surface area contributed by atoms with Crippen molar-refractivity contribution >= 4 is 5.97 Å². The molecule has 0 aromatic heterocycles. The molecule has 0 fully saturated rings. The van der Waals surface area contributed by atoms with Gasteiger partial charge in [0.25, 0.3) is 0 Å². The summed E-state index contributed by atoms with van der Waals surface area (Å²) in [7, 11) is 1.22.